The van der Waals surface area contributed by atoms with Gasteiger partial charge in [0, 0.05) is 24.7 Å². The van der Waals surface area contributed by atoms with Crippen LogP contribution in [0.15, 0.2) is 36.4 Å². The number of hydrogen-bond donors (Lipinski definition) is 2. The Hall–Kier alpha value is -2.45. The SMILES string of the molecule is CC(C)(C)NC(=S)Nc1nc(Oc2ccccc2)cc(N2CCOCC2)n1. The molecule has 0 spiro atoms. The van der Waals surface area contributed by atoms with Crippen LogP contribution in [-0.4, -0.2) is 46.9 Å². The lowest BCUT2D eigenvalue weighted by molar-refractivity contribution is 0.122. The molecule has 2 aromatic rings. The minimum atomic E-state index is -0.157. The first-order valence-electron chi connectivity index (χ1n) is 8.93. The Kier molecular flexibility index (Phi) is 6.08. The van der Waals surface area contributed by atoms with E-state index in [1.165, 1.54) is 0 Å². The third kappa shape index (κ3) is 6.04. The first-order chi connectivity index (χ1) is 12.9. The predicted octanol–water partition coefficient (Wildman–Crippen LogP) is 3.19. The van der Waals surface area contributed by atoms with Crippen LogP contribution in [0.4, 0.5) is 11.8 Å². The van der Waals surface area contributed by atoms with Crippen molar-refractivity contribution >= 4 is 29.1 Å². The van der Waals surface area contributed by atoms with E-state index in [-0.39, 0.29) is 5.54 Å². The summed E-state index contributed by atoms with van der Waals surface area (Å²) in [5, 5.41) is 6.73. The molecule has 2 heterocycles. The van der Waals surface area contributed by atoms with Crippen molar-refractivity contribution in [3.63, 3.8) is 0 Å². The van der Waals surface area contributed by atoms with Crippen LogP contribution in [0.1, 0.15) is 20.8 Å². The van der Waals surface area contributed by atoms with Gasteiger partial charge in [-0.05, 0) is 45.1 Å². The van der Waals surface area contributed by atoms with Gasteiger partial charge in [-0.15, -0.1) is 0 Å². The molecule has 0 radical (unpaired) electrons. The van der Waals surface area contributed by atoms with E-state index < -0.39 is 0 Å². The quantitative estimate of drug-likeness (QED) is 0.775. The van der Waals surface area contributed by atoms with Crippen molar-refractivity contribution < 1.29 is 9.47 Å². The second-order valence-electron chi connectivity index (χ2n) is 7.23. The van der Waals surface area contributed by atoms with Crippen molar-refractivity contribution in [1.29, 1.82) is 0 Å². The Morgan fingerprint density at radius 3 is 2.52 bits per heavy atom. The van der Waals surface area contributed by atoms with Gasteiger partial charge in [0.15, 0.2) is 5.11 Å². The van der Waals surface area contributed by atoms with Crippen molar-refractivity contribution in [3.05, 3.63) is 36.4 Å². The number of hydrogen-bond acceptors (Lipinski definition) is 6. The van der Waals surface area contributed by atoms with Crippen LogP contribution < -0.4 is 20.3 Å². The first kappa shape index (κ1) is 19.3. The lowest BCUT2D eigenvalue weighted by Crippen LogP contribution is -2.43. The van der Waals surface area contributed by atoms with E-state index in [2.05, 4.69) is 25.5 Å². The third-order valence-electron chi connectivity index (χ3n) is 3.70. The standard InChI is InChI=1S/C19H25N5O2S/c1-19(2,3)23-18(27)22-17-20-15(24-9-11-25-12-10-24)13-16(21-17)26-14-7-5-4-6-8-14/h4-8,13H,9-12H2,1-3H3,(H2,20,21,22,23,27). The van der Waals surface area contributed by atoms with Gasteiger partial charge < -0.3 is 25.0 Å². The summed E-state index contributed by atoms with van der Waals surface area (Å²) < 4.78 is 11.4. The molecule has 0 amide bonds. The van der Waals surface area contributed by atoms with E-state index in [0.717, 1.165) is 18.9 Å². The summed E-state index contributed by atoms with van der Waals surface area (Å²) in [6.45, 7) is 9.00. The second-order valence-corrected chi connectivity index (χ2v) is 7.64. The minimum absolute atomic E-state index is 0.157. The fourth-order valence-electron chi connectivity index (χ4n) is 2.56. The molecule has 1 fully saturated rings. The molecule has 1 aliphatic rings. The van der Waals surface area contributed by atoms with Gasteiger partial charge in [-0.3, -0.25) is 0 Å². The first-order valence-corrected chi connectivity index (χ1v) is 9.34. The molecule has 3 rings (SSSR count). The molecule has 1 aromatic carbocycles. The lowest BCUT2D eigenvalue weighted by atomic mass is 10.1. The zero-order valence-electron chi connectivity index (χ0n) is 15.9. The van der Waals surface area contributed by atoms with Crippen LogP contribution in [0.3, 0.4) is 0 Å². The summed E-state index contributed by atoms with van der Waals surface area (Å²) in [6.07, 6.45) is 0. The van der Waals surface area contributed by atoms with E-state index in [0.29, 0.717) is 35.9 Å². The van der Waals surface area contributed by atoms with Gasteiger partial charge >= 0.3 is 0 Å². The van der Waals surface area contributed by atoms with E-state index in [1.54, 1.807) is 0 Å². The molecule has 27 heavy (non-hydrogen) atoms. The normalized spacial score (nSPS) is 14.6. The Morgan fingerprint density at radius 2 is 1.85 bits per heavy atom. The molecule has 0 aliphatic carbocycles. The zero-order chi connectivity index (χ0) is 19.3. The van der Waals surface area contributed by atoms with Crippen LogP contribution in [0.25, 0.3) is 0 Å². The van der Waals surface area contributed by atoms with E-state index in [9.17, 15) is 0 Å². The van der Waals surface area contributed by atoms with Crippen molar-refractivity contribution in [2.45, 2.75) is 26.3 Å². The summed E-state index contributed by atoms with van der Waals surface area (Å²) in [7, 11) is 0. The largest absolute Gasteiger partial charge is 0.439 e. The highest BCUT2D eigenvalue weighted by molar-refractivity contribution is 7.80. The van der Waals surface area contributed by atoms with E-state index in [1.807, 2.05) is 57.2 Å². The van der Waals surface area contributed by atoms with Gasteiger partial charge in [-0.25, -0.2) is 0 Å². The molecular weight excluding hydrogens is 362 g/mol. The fourth-order valence-corrected chi connectivity index (χ4v) is 2.96. The van der Waals surface area contributed by atoms with E-state index >= 15 is 0 Å². The summed E-state index contributed by atoms with van der Waals surface area (Å²) in [4.78, 5) is 11.2. The summed E-state index contributed by atoms with van der Waals surface area (Å²) in [5.74, 6) is 2.34. The van der Waals surface area contributed by atoms with Gasteiger partial charge in [0.25, 0.3) is 0 Å². The molecular formula is C19H25N5O2S. The second kappa shape index (κ2) is 8.49. The molecule has 144 valence electrons. The van der Waals surface area contributed by atoms with Gasteiger partial charge in [-0.2, -0.15) is 9.97 Å². The topological polar surface area (TPSA) is 71.5 Å². The van der Waals surface area contributed by atoms with Gasteiger partial charge in [0.1, 0.15) is 11.6 Å². The molecule has 1 saturated heterocycles. The van der Waals surface area contributed by atoms with Gasteiger partial charge in [-0.1, -0.05) is 18.2 Å². The van der Waals surface area contributed by atoms with Gasteiger partial charge in [0.05, 0.1) is 13.2 Å². The summed E-state index contributed by atoms with van der Waals surface area (Å²) in [6, 6.07) is 11.4. The van der Waals surface area contributed by atoms with Crippen molar-refractivity contribution in [1.82, 2.24) is 15.3 Å². The van der Waals surface area contributed by atoms with Gasteiger partial charge in [0.2, 0.25) is 11.8 Å². The third-order valence-corrected chi connectivity index (χ3v) is 3.91. The highest BCUT2D eigenvalue weighted by Crippen LogP contribution is 2.25. The monoisotopic (exact) mass is 387 g/mol. The number of rotatable bonds is 4. The number of morpholine rings is 1. The van der Waals surface area contributed by atoms with Crippen LogP contribution in [0.5, 0.6) is 11.6 Å². The minimum Gasteiger partial charge on any atom is -0.439 e. The van der Waals surface area contributed by atoms with Crippen molar-refractivity contribution in [2.75, 3.05) is 36.5 Å². The lowest BCUT2D eigenvalue weighted by Gasteiger charge is -2.28. The molecule has 7 nitrogen and oxygen atoms in total. The maximum atomic E-state index is 5.92. The molecule has 1 aliphatic heterocycles. The van der Waals surface area contributed by atoms with Crippen LogP contribution >= 0.6 is 12.2 Å². The number of nitrogens with one attached hydrogen (secondary N) is 2. The number of aromatic nitrogens is 2. The number of ether oxygens (including phenoxy) is 2. The molecule has 2 N–H and O–H groups in total. The Labute approximate surface area is 165 Å². The smallest absolute Gasteiger partial charge is 0.234 e. The number of nitrogens with zero attached hydrogens (tertiary/aromatic N) is 3. The molecule has 0 atom stereocenters. The molecule has 0 unspecified atom stereocenters. The molecule has 0 bridgehead atoms. The molecule has 0 saturated carbocycles. The average Bonchev–Trinajstić information content (AvgIpc) is 2.61. The maximum absolute atomic E-state index is 5.92. The number of thiocarbonyl (C=S) groups is 1. The Bertz CT molecular complexity index is 773. The average molecular weight is 388 g/mol. The zero-order valence-corrected chi connectivity index (χ0v) is 16.7. The van der Waals surface area contributed by atoms with Crippen LogP contribution in [-0.2, 0) is 4.74 Å². The van der Waals surface area contributed by atoms with Crippen molar-refractivity contribution in [3.8, 4) is 11.6 Å². The summed E-state index contributed by atoms with van der Waals surface area (Å²) in [5.41, 5.74) is -0.157. The Morgan fingerprint density at radius 1 is 1.15 bits per heavy atom. The highest BCUT2D eigenvalue weighted by Gasteiger charge is 2.17. The number of para-hydroxylation sites is 1. The Balaban J connectivity index is 1.84. The molecule has 1 aromatic heterocycles. The number of anilines is 2. The van der Waals surface area contributed by atoms with Crippen LogP contribution in [0.2, 0.25) is 0 Å². The van der Waals surface area contributed by atoms with E-state index in [4.69, 9.17) is 21.7 Å². The van der Waals surface area contributed by atoms with Crippen LogP contribution in [0, 0.1) is 0 Å². The van der Waals surface area contributed by atoms with Crippen molar-refractivity contribution in [2.24, 2.45) is 0 Å². The molecule has 8 heteroatoms. The predicted molar refractivity (Wildman–Crippen MR) is 111 cm³/mol. The summed E-state index contributed by atoms with van der Waals surface area (Å²) >= 11 is 5.38. The maximum Gasteiger partial charge on any atom is 0.234 e. The fraction of sp³-hybridized carbons (Fsp3) is 0.421. The highest BCUT2D eigenvalue weighted by atomic mass is 32.1. The number of benzene rings is 1.